The summed E-state index contributed by atoms with van der Waals surface area (Å²) in [6.07, 6.45) is -0.0550. The standard InChI is InChI=1S/C21H39NO6/c1-18(2,3)14-21(9,19(4,5)6)16(24)27-12-11-22-17(25)28-20(7,8)13-15(23)26-10/h11-14H2,1-10H3,(H,22,25). The number of ether oxygens (including phenoxy) is 3. The van der Waals surface area contributed by atoms with Crippen LogP contribution in [0.3, 0.4) is 0 Å². The monoisotopic (exact) mass is 401 g/mol. The number of rotatable bonds is 8. The first-order valence-electron chi connectivity index (χ1n) is 9.64. The molecule has 0 bridgehead atoms. The summed E-state index contributed by atoms with van der Waals surface area (Å²) in [7, 11) is 1.28. The molecule has 0 rings (SSSR count). The van der Waals surface area contributed by atoms with Crippen molar-refractivity contribution >= 4 is 18.0 Å². The lowest BCUT2D eigenvalue weighted by molar-refractivity contribution is -0.164. The van der Waals surface area contributed by atoms with Crippen molar-refractivity contribution in [2.24, 2.45) is 16.2 Å². The SMILES string of the molecule is COC(=O)CC(C)(C)OC(=O)NCCOC(=O)C(C)(CC(C)(C)C)C(C)(C)C. The topological polar surface area (TPSA) is 90.9 Å². The minimum Gasteiger partial charge on any atom is -0.469 e. The number of methoxy groups -OCH3 is 1. The second-order valence-corrected chi connectivity index (χ2v) is 10.3. The quantitative estimate of drug-likeness (QED) is 0.374. The summed E-state index contributed by atoms with van der Waals surface area (Å²) in [6.45, 7) is 17.7. The lowest BCUT2D eigenvalue weighted by Crippen LogP contribution is -2.45. The van der Waals surface area contributed by atoms with Gasteiger partial charge in [0.05, 0.1) is 25.5 Å². The zero-order valence-corrected chi connectivity index (χ0v) is 19.3. The minimum atomic E-state index is -0.995. The predicted molar refractivity (Wildman–Crippen MR) is 108 cm³/mol. The molecule has 0 aliphatic rings. The number of alkyl carbamates (subject to hydrolysis) is 1. The first kappa shape index (κ1) is 26.2. The van der Waals surface area contributed by atoms with Gasteiger partial charge in [-0.05, 0) is 38.0 Å². The van der Waals surface area contributed by atoms with Crippen molar-refractivity contribution in [3.05, 3.63) is 0 Å². The molecular formula is C21H39NO6. The molecule has 7 nitrogen and oxygen atoms in total. The summed E-state index contributed by atoms with van der Waals surface area (Å²) >= 11 is 0. The van der Waals surface area contributed by atoms with E-state index in [1.807, 2.05) is 27.7 Å². The minimum absolute atomic E-state index is 0.0334. The van der Waals surface area contributed by atoms with Crippen LogP contribution >= 0.6 is 0 Å². The first-order valence-corrected chi connectivity index (χ1v) is 9.64. The van der Waals surface area contributed by atoms with Gasteiger partial charge >= 0.3 is 18.0 Å². The second-order valence-electron chi connectivity index (χ2n) is 10.3. The molecule has 0 spiro atoms. The smallest absolute Gasteiger partial charge is 0.407 e. The molecule has 1 unspecified atom stereocenters. The van der Waals surface area contributed by atoms with Crippen LogP contribution in [0.1, 0.15) is 75.2 Å². The van der Waals surface area contributed by atoms with Crippen LogP contribution in [0.15, 0.2) is 0 Å². The summed E-state index contributed by atoms with van der Waals surface area (Å²) in [6, 6.07) is 0. The second kappa shape index (κ2) is 9.61. The molecule has 7 heteroatoms. The number of amides is 1. The van der Waals surface area contributed by atoms with E-state index >= 15 is 0 Å². The zero-order valence-electron chi connectivity index (χ0n) is 19.3. The predicted octanol–water partition coefficient (Wildman–Crippen LogP) is 4.09. The highest BCUT2D eigenvalue weighted by Gasteiger charge is 2.47. The number of carbonyl (C=O) groups is 3. The number of hydrogen-bond acceptors (Lipinski definition) is 6. The molecule has 0 saturated heterocycles. The Bertz CT molecular complexity index is 556. The van der Waals surface area contributed by atoms with Crippen LogP contribution < -0.4 is 5.32 Å². The third-order valence-electron chi connectivity index (χ3n) is 4.76. The van der Waals surface area contributed by atoms with Crippen LogP contribution in [0.5, 0.6) is 0 Å². The van der Waals surface area contributed by atoms with Crippen LogP contribution in [-0.4, -0.2) is 43.9 Å². The van der Waals surface area contributed by atoms with Crippen LogP contribution in [-0.2, 0) is 23.8 Å². The Kier molecular flexibility index (Phi) is 9.00. The van der Waals surface area contributed by atoms with Gasteiger partial charge in [0.1, 0.15) is 12.2 Å². The van der Waals surface area contributed by atoms with Crippen molar-refractivity contribution in [3.63, 3.8) is 0 Å². The van der Waals surface area contributed by atoms with E-state index in [1.54, 1.807) is 13.8 Å². The highest BCUT2D eigenvalue weighted by Crippen LogP contribution is 2.47. The molecule has 0 aromatic carbocycles. The summed E-state index contributed by atoms with van der Waals surface area (Å²) < 4.78 is 15.3. The third kappa shape index (κ3) is 8.93. The van der Waals surface area contributed by atoms with Gasteiger partial charge in [0, 0.05) is 0 Å². The first-order chi connectivity index (χ1) is 12.4. The molecule has 0 aliphatic carbocycles. The normalized spacial score (nSPS) is 14.6. The van der Waals surface area contributed by atoms with E-state index in [0.29, 0.717) is 6.42 Å². The Balaban J connectivity index is 4.64. The summed E-state index contributed by atoms with van der Waals surface area (Å²) in [5.74, 6) is -0.747. The van der Waals surface area contributed by atoms with Crippen molar-refractivity contribution < 1.29 is 28.6 Å². The van der Waals surface area contributed by atoms with E-state index in [-0.39, 0.29) is 36.4 Å². The maximum Gasteiger partial charge on any atom is 0.407 e. The summed E-state index contributed by atoms with van der Waals surface area (Å²) in [5, 5.41) is 2.53. The molecule has 0 aromatic heterocycles. The fourth-order valence-corrected chi connectivity index (χ4v) is 2.90. The summed E-state index contributed by atoms with van der Waals surface area (Å²) in [5.41, 5.74) is -1.96. The van der Waals surface area contributed by atoms with Crippen LogP contribution in [0.4, 0.5) is 4.79 Å². The fraction of sp³-hybridized carbons (Fsp3) is 0.857. The van der Waals surface area contributed by atoms with Gasteiger partial charge < -0.3 is 19.5 Å². The molecule has 1 atom stereocenters. The Morgan fingerprint density at radius 1 is 0.893 bits per heavy atom. The molecule has 164 valence electrons. The average molecular weight is 402 g/mol. The van der Waals surface area contributed by atoms with E-state index in [0.717, 1.165) is 0 Å². The zero-order chi connectivity index (χ0) is 22.4. The molecule has 0 heterocycles. The van der Waals surface area contributed by atoms with E-state index in [9.17, 15) is 14.4 Å². The number of esters is 2. The van der Waals surface area contributed by atoms with Gasteiger partial charge in [-0.3, -0.25) is 9.59 Å². The molecule has 1 amide bonds. The van der Waals surface area contributed by atoms with Crippen molar-refractivity contribution in [1.29, 1.82) is 0 Å². The van der Waals surface area contributed by atoms with Gasteiger partial charge in [0.2, 0.25) is 0 Å². The average Bonchev–Trinajstić information content (AvgIpc) is 2.47. The van der Waals surface area contributed by atoms with E-state index in [1.165, 1.54) is 7.11 Å². The lowest BCUT2D eigenvalue weighted by Gasteiger charge is -2.43. The van der Waals surface area contributed by atoms with Crippen molar-refractivity contribution in [1.82, 2.24) is 5.32 Å². The molecule has 0 fully saturated rings. The van der Waals surface area contributed by atoms with Crippen LogP contribution in [0.2, 0.25) is 0 Å². The molecule has 0 aliphatic heterocycles. The van der Waals surface area contributed by atoms with Gasteiger partial charge in [-0.25, -0.2) is 4.79 Å². The molecule has 0 radical (unpaired) electrons. The Hall–Kier alpha value is -1.79. The van der Waals surface area contributed by atoms with Gasteiger partial charge in [-0.1, -0.05) is 41.5 Å². The Morgan fingerprint density at radius 2 is 1.43 bits per heavy atom. The van der Waals surface area contributed by atoms with Crippen molar-refractivity contribution in [2.75, 3.05) is 20.3 Å². The molecule has 1 N–H and O–H groups in total. The Labute approximate surface area is 169 Å². The lowest BCUT2D eigenvalue weighted by atomic mass is 9.61. The van der Waals surface area contributed by atoms with Crippen LogP contribution in [0.25, 0.3) is 0 Å². The molecule has 0 saturated carbocycles. The third-order valence-corrected chi connectivity index (χ3v) is 4.76. The number of hydrogen-bond donors (Lipinski definition) is 1. The van der Waals surface area contributed by atoms with E-state index in [4.69, 9.17) is 9.47 Å². The molecule has 28 heavy (non-hydrogen) atoms. The highest BCUT2D eigenvalue weighted by molar-refractivity contribution is 5.77. The number of carbonyl (C=O) groups excluding carboxylic acids is 3. The maximum atomic E-state index is 12.8. The van der Waals surface area contributed by atoms with Gasteiger partial charge in [-0.2, -0.15) is 0 Å². The Morgan fingerprint density at radius 3 is 1.86 bits per heavy atom. The fourth-order valence-electron chi connectivity index (χ4n) is 2.90. The summed E-state index contributed by atoms with van der Waals surface area (Å²) in [4.78, 5) is 36.0. The molecular weight excluding hydrogens is 362 g/mol. The van der Waals surface area contributed by atoms with Gasteiger partial charge in [0.25, 0.3) is 0 Å². The van der Waals surface area contributed by atoms with Gasteiger partial charge in [-0.15, -0.1) is 0 Å². The van der Waals surface area contributed by atoms with E-state index in [2.05, 4.69) is 30.8 Å². The number of nitrogens with one attached hydrogen (secondary N) is 1. The highest BCUT2D eigenvalue weighted by atomic mass is 16.6. The maximum absolute atomic E-state index is 12.8. The van der Waals surface area contributed by atoms with Gasteiger partial charge in [0.15, 0.2) is 0 Å². The van der Waals surface area contributed by atoms with E-state index < -0.39 is 23.1 Å². The molecule has 0 aromatic rings. The van der Waals surface area contributed by atoms with Crippen LogP contribution in [0, 0.1) is 16.2 Å². The van der Waals surface area contributed by atoms with Crippen molar-refractivity contribution in [3.8, 4) is 0 Å². The largest absolute Gasteiger partial charge is 0.469 e. The van der Waals surface area contributed by atoms with Crippen molar-refractivity contribution in [2.45, 2.75) is 80.8 Å².